The van der Waals surface area contributed by atoms with Gasteiger partial charge in [-0.3, -0.25) is 0 Å². The number of hydrogen-bond donors (Lipinski definition) is 1. The second-order valence-corrected chi connectivity index (χ2v) is 8.53. The predicted molar refractivity (Wildman–Crippen MR) is 82.2 cm³/mol. The summed E-state index contributed by atoms with van der Waals surface area (Å²) in [5.74, 6) is 0. The second kappa shape index (κ2) is 5.93. The van der Waals surface area contributed by atoms with Gasteiger partial charge < -0.3 is 0 Å². The fourth-order valence-electron chi connectivity index (χ4n) is 1.58. The molecule has 102 valence electrons. The van der Waals surface area contributed by atoms with Crippen molar-refractivity contribution < 1.29 is 8.42 Å². The van der Waals surface area contributed by atoms with Crippen LogP contribution in [0.3, 0.4) is 0 Å². The molecule has 0 amide bonds. The van der Waals surface area contributed by atoms with Gasteiger partial charge in [0.2, 0.25) is 0 Å². The molecule has 7 heteroatoms. The Morgan fingerprint density at radius 1 is 1.32 bits per heavy atom. The van der Waals surface area contributed by atoms with E-state index in [1.807, 2.05) is 24.3 Å². The highest BCUT2D eigenvalue weighted by atomic mass is 79.9. The van der Waals surface area contributed by atoms with E-state index < -0.39 is 10.0 Å². The van der Waals surface area contributed by atoms with Crippen molar-refractivity contribution in [1.82, 2.24) is 4.72 Å². The van der Waals surface area contributed by atoms with Crippen molar-refractivity contribution in [1.29, 1.82) is 0 Å². The molecule has 2 rings (SSSR count). The highest BCUT2D eigenvalue weighted by Gasteiger charge is 2.20. The lowest BCUT2D eigenvalue weighted by Crippen LogP contribution is -2.26. The first-order valence-electron chi connectivity index (χ1n) is 5.41. The second-order valence-electron chi connectivity index (χ2n) is 3.96. The average molecular weight is 381 g/mol. The van der Waals surface area contributed by atoms with Crippen LogP contribution in [0, 0.1) is 0 Å². The van der Waals surface area contributed by atoms with Crippen molar-refractivity contribution in [2.75, 3.05) is 0 Å². The van der Waals surface area contributed by atoms with Crippen LogP contribution in [0.15, 0.2) is 45.1 Å². The van der Waals surface area contributed by atoms with E-state index in [2.05, 4.69) is 20.7 Å². The van der Waals surface area contributed by atoms with Gasteiger partial charge in [0.1, 0.15) is 4.21 Å². The van der Waals surface area contributed by atoms with E-state index in [9.17, 15) is 8.42 Å². The molecule has 19 heavy (non-hydrogen) atoms. The summed E-state index contributed by atoms with van der Waals surface area (Å²) in [6, 6.07) is 10.3. The smallest absolute Gasteiger partial charge is 0.206 e. The molecule has 0 bridgehead atoms. The van der Waals surface area contributed by atoms with Crippen LogP contribution < -0.4 is 4.72 Å². The van der Waals surface area contributed by atoms with Gasteiger partial charge in [-0.15, -0.1) is 11.3 Å². The third-order valence-corrected chi connectivity index (χ3v) is 6.25. The summed E-state index contributed by atoms with van der Waals surface area (Å²) in [6.07, 6.45) is 0. The lowest BCUT2D eigenvalue weighted by atomic mass is 10.1. The molecule has 1 atom stereocenters. The molecular weight excluding hydrogens is 370 g/mol. The molecule has 0 saturated carbocycles. The van der Waals surface area contributed by atoms with E-state index in [1.165, 1.54) is 6.07 Å². The van der Waals surface area contributed by atoms with Crippen molar-refractivity contribution in [3.63, 3.8) is 0 Å². The number of sulfonamides is 1. The Morgan fingerprint density at radius 2 is 2.05 bits per heavy atom. The fraction of sp³-hybridized carbons (Fsp3) is 0.167. The molecule has 1 unspecified atom stereocenters. The molecule has 1 heterocycles. The number of benzene rings is 1. The SMILES string of the molecule is CC(NS(=O)(=O)c1ccc(Cl)s1)c1cccc(Br)c1. The summed E-state index contributed by atoms with van der Waals surface area (Å²) >= 11 is 10.2. The lowest BCUT2D eigenvalue weighted by Gasteiger charge is -2.14. The summed E-state index contributed by atoms with van der Waals surface area (Å²) in [6.45, 7) is 1.80. The van der Waals surface area contributed by atoms with Gasteiger partial charge in [-0.05, 0) is 36.8 Å². The van der Waals surface area contributed by atoms with Crippen LogP contribution >= 0.6 is 38.9 Å². The van der Waals surface area contributed by atoms with Gasteiger partial charge in [-0.25, -0.2) is 13.1 Å². The van der Waals surface area contributed by atoms with Crippen molar-refractivity contribution in [3.05, 3.63) is 50.8 Å². The van der Waals surface area contributed by atoms with Gasteiger partial charge in [0.25, 0.3) is 10.0 Å². The Morgan fingerprint density at radius 3 is 2.63 bits per heavy atom. The van der Waals surface area contributed by atoms with Gasteiger partial charge >= 0.3 is 0 Å². The van der Waals surface area contributed by atoms with E-state index in [0.29, 0.717) is 4.34 Å². The number of nitrogens with one attached hydrogen (secondary N) is 1. The van der Waals surface area contributed by atoms with Crippen LogP contribution in [0.25, 0.3) is 0 Å². The zero-order valence-corrected chi connectivity index (χ0v) is 13.9. The molecule has 3 nitrogen and oxygen atoms in total. The average Bonchev–Trinajstić information content (AvgIpc) is 2.76. The van der Waals surface area contributed by atoms with Crippen LogP contribution in [-0.2, 0) is 10.0 Å². The minimum Gasteiger partial charge on any atom is -0.206 e. The Labute approximate surface area is 129 Å². The first-order valence-corrected chi connectivity index (χ1v) is 8.89. The number of rotatable bonds is 4. The first-order chi connectivity index (χ1) is 8.88. The molecule has 0 radical (unpaired) electrons. The Hall–Kier alpha value is -0.400. The number of hydrogen-bond acceptors (Lipinski definition) is 3. The third-order valence-electron chi connectivity index (χ3n) is 2.49. The van der Waals surface area contributed by atoms with Crippen molar-refractivity contribution in [2.45, 2.75) is 17.2 Å². The van der Waals surface area contributed by atoms with Crippen LogP contribution in [-0.4, -0.2) is 8.42 Å². The zero-order valence-electron chi connectivity index (χ0n) is 9.93. The van der Waals surface area contributed by atoms with Crippen LogP contribution in [0.1, 0.15) is 18.5 Å². The standard InChI is InChI=1S/C12H11BrClNO2S2/c1-8(9-3-2-4-10(13)7-9)15-19(16,17)12-6-5-11(14)18-12/h2-8,15H,1H3. The lowest BCUT2D eigenvalue weighted by molar-refractivity contribution is 0.569. The summed E-state index contributed by atoms with van der Waals surface area (Å²) in [5, 5.41) is 0. The van der Waals surface area contributed by atoms with Gasteiger partial charge in [0, 0.05) is 10.5 Å². The van der Waals surface area contributed by atoms with Gasteiger partial charge in [0.05, 0.1) is 4.34 Å². The van der Waals surface area contributed by atoms with Crippen LogP contribution in [0.4, 0.5) is 0 Å². The fourth-order valence-corrected chi connectivity index (χ4v) is 4.73. The summed E-state index contributed by atoms with van der Waals surface area (Å²) < 4.78 is 28.5. The normalized spacial score (nSPS) is 13.4. The molecular formula is C12H11BrClNO2S2. The van der Waals surface area contributed by atoms with E-state index >= 15 is 0 Å². The number of halogens is 2. The Balaban J connectivity index is 2.21. The zero-order chi connectivity index (χ0) is 14.0. The predicted octanol–water partition coefficient (Wildman–Crippen LogP) is 4.20. The van der Waals surface area contributed by atoms with E-state index in [-0.39, 0.29) is 10.3 Å². The summed E-state index contributed by atoms with van der Waals surface area (Å²) in [7, 11) is -3.53. The molecule has 1 aromatic heterocycles. The van der Waals surface area contributed by atoms with Crippen molar-refractivity contribution in [2.24, 2.45) is 0 Å². The molecule has 0 aliphatic rings. The molecule has 0 spiro atoms. The third kappa shape index (κ3) is 3.79. The van der Waals surface area contributed by atoms with E-state index in [4.69, 9.17) is 11.6 Å². The van der Waals surface area contributed by atoms with Gasteiger partial charge in [-0.1, -0.05) is 39.7 Å². The summed E-state index contributed by atoms with van der Waals surface area (Å²) in [4.78, 5) is 0. The highest BCUT2D eigenvalue weighted by molar-refractivity contribution is 9.10. The van der Waals surface area contributed by atoms with Gasteiger partial charge in [-0.2, -0.15) is 0 Å². The Bertz CT molecular complexity index is 685. The van der Waals surface area contributed by atoms with Gasteiger partial charge in [0.15, 0.2) is 0 Å². The molecule has 0 aliphatic heterocycles. The number of thiophene rings is 1. The molecule has 1 aromatic carbocycles. The van der Waals surface area contributed by atoms with Crippen molar-refractivity contribution >= 4 is 48.9 Å². The molecule has 2 aromatic rings. The van der Waals surface area contributed by atoms with E-state index in [1.54, 1.807) is 13.0 Å². The molecule has 0 aliphatic carbocycles. The maximum Gasteiger partial charge on any atom is 0.250 e. The first kappa shape index (κ1) is 15.0. The minimum atomic E-state index is -3.53. The summed E-state index contributed by atoms with van der Waals surface area (Å²) in [5.41, 5.74) is 0.889. The molecule has 0 fully saturated rings. The molecule has 0 saturated heterocycles. The quantitative estimate of drug-likeness (QED) is 0.864. The maximum absolute atomic E-state index is 12.1. The monoisotopic (exact) mass is 379 g/mol. The molecule has 1 N–H and O–H groups in total. The Kier molecular flexibility index (Phi) is 4.68. The van der Waals surface area contributed by atoms with Crippen LogP contribution in [0.2, 0.25) is 4.34 Å². The van der Waals surface area contributed by atoms with Crippen LogP contribution in [0.5, 0.6) is 0 Å². The van der Waals surface area contributed by atoms with Crippen molar-refractivity contribution in [3.8, 4) is 0 Å². The minimum absolute atomic E-state index is 0.222. The highest BCUT2D eigenvalue weighted by Crippen LogP contribution is 2.27. The largest absolute Gasteiger partial charge is 0.250 e. The maximum atomic E-state index is 12.1. The van der Waals surface area contributed by atoms with E-state index in [0.717, 1.165) is 21.4 Å². The topological polar surface area (TPSA) is 46.2 Å².